The summed E-state index contributed by atoms with van der Waals surface area (Å²) in [5.41, 5.74) is 8.26. The number of anilines is 1. The molecule has 6 nitrogen and oxygen atoms in total. The van der Waals surface area contributed by atoms with Crippen LogP contribution in [0.3, 0.4) is 0 Å². The maximum absolute atomic E-state index is 12.1. The summed E-state index contributed by atoms with van der Waals surface area (Å²) in [6, 6.07) is 13.9. The monoisotopic (exact) mass is 333 g/mol. The first-order valence-corrected chi connectivity index (χ1v) is 8.57. The van der Waals surface area contributed by atoms with Crippen molar-refractivity contribution >= 4 is 21.6 Å². The van der Waals surface area contributed by atoms with E-state index in [1.165, 1.54) is 19.1 Å². The fourth-order valence-electron chi connectivity index (χ4n) is 2.08. The molecule has 0 spiro atoms. The highest BCUT2D eigenvalue weighted by Crippen LogP contribution is 2.26. The number of rotatable bonds is 6. The van der Waals surface area contributed by atoms with E-state index in [4.69, 9.17) is 5.73 Å². The van der Waals surface area contributed by atoms with E-state index in [1.54, 1.807) is 18.2 Å². The predicted molar refractivity (Wildman–Crippen MR) is 90.2 cm³/mol. The van der Waals surface area contributed by atoms with Gasteiger partial charge in [0.2, 0.25) is 15.9 Å². The van der Waals surface area contributed by atoms with Crippen molar-refractivity contribution in [2.45, 2.75) is 11.8 Å². The Labute approximate surface area is 135 Å². The van der Waals surface area contributed by atoms with Crippen LogP contribution in [-0.2, 0) is 14.8 Å². The molecular formula is C16H19N3O3S. The Balaban J connectivity index is 2.09. The maximum Gasteiger partial charge on any atom is 0.240 e. The fourth-order valence-corrected chi connectivity index (χ4v) is 3.11. The minimum Gasteiger partial charge on any atom is -0.398 e. The molecule has 0 fully saturated rings. The normalized spacial score (nSPS) is 11.2. The lowest BCUT2D eigenvalue weighted by Crippen LogP contribution is -2.33. The van der Waals surface area contributed by atoms with E-state index < -0.39 is 10.0 Å². The highest BCUT2D eigenvalue weighted by Gasteiger charge is 2.13. The van der Waals surface area contributed by atoms with Crippen molar-refractivity contribution in [3.8, 4) is 11.1 Å². The summed E-state index contributed by atoms with van der Waals surface area (Å²) in [6.07, 6.45) is 0. The van der Waals surface area contributed by atoms with Gasteiger partial charge in [-0.25, -0.2) is 13.1 Å². The van der Waals surface area contributed by atoms with E-state index in [2.05, 4.69) is 10.0 Å². The number of para-hydroxylation sites is 1. The molecular weight excluding hydrogens is 314 g/mol. The van der Waals surface area contributed by atoms with Crippen LogP contribution in [0.1, 0.15) is 6.92 Å². The number of hydrogen-bond donors (Lipinski definition) is 3. The number of benzene rings is 2. The predicted octanol–water partition coefficient (Wildman–Crippen LogP) is 1.35. The highest BCUT2D eigenvalue weighted by atomic mass is 32.2. The van der Waals surface area contributed by atoms with Crippen molar-refractivity contribution in [2.75, 3.05) is 18.8 Å². The zero-order valence-electron chi connectivity index (χ0n) is 12.7. The molecule has 0 aliphatic rings. The lowest BCUT2D eigenvalue weighted by Gasteiger charge is -2.09. The van der Waals surface area contributed by atoms with Crippen LogP contribution in [0.25, 0.3) is 11.1 Å². The molecule has 0 saturated heterocycles. The van der Waals surface area contributed by atoms with Crippen LogP contribution < -0.4 is 15.8 Å². The maximum atomic E-state index is 12.1. The van der Waals surface area contributed by atoms with Gasteiger partial charge in [0, 0.05) is 31.3 Å². The third-order valence-electron chi connectivity index (χ3n) is 3.23. The van der Waals surface area contributed by atoms with Gasteiger partial charge in [-0.3, -0.25) is 4.79 Å². The molecule has 0 aliphatic carbocycles. The van der Waals surface area contributed by atoms with Gasteiger partial charge in [-0.1, -0.05) is 30.3 Å². The lowest BCUT2D eigenvalue weighted by atomic mass is 10.0. The number of carbonyl (C=O) groups is 1. The summed E-state index contributed by atoms with van der Waals surface area (Å²) < 4.78 is 26.7. The summed E-state index contributed by atoms with van der Waals surface area (Å²) in [5, 5.41) is 2.53. The Morgan fingerprint density at radius 2 is 1.70 bits per heavy atom. The average molecular weight is 333 g/mol. The molecule has 122 valence electrons. The average Bonchev–Trinajstić information content (AvgIpc) is 2.52. The fraction of sp³-hybridized carbons (Fsp3) is 0.188. The first-order chi connectivity index (χ1) is 10.9. The highest BCUT2D eigenvalue weighted by molar-refractivity contribution is 7.89. The van der Waals surface area contributed by atoms with Gasteiger partial charge in [0.15, 0.2) is 0 Å². The SMILES string of the molecule is CC(=O)NCCNS(=O)(=O)c1ccc(-c2ccccc2N)cc1. The quantitative estimate of drug-likeness (QED) is 0.548. The topological polar surface area (TPSA) is 101 Å². The van der Waals surface area contributed by atoms with Crippen LogP contribution in [0, 0.1) is 0 Å². The van der Waals surface area contributed by atoms with Gasteiger partial charge < -0.3 is 11.1 Å². The minimum atomic E-state index is -3.60. The smallest absolute Gasteiger partial charge is 0.240 e. The van der Waals surface area contributed by atoms with Crippen LogP contribution in [0.5, 0.6) is 0 Å². The zero-order valence-corrected chi connectivity index (χ0v) is 13.6. The van der Waals surface area contributed by atoms with Crippen molar-refractivity contribution < 1.29 is 13.2 Å². The van der Waals surface area contributed by atoms with Gasteiger partial charge in [0.05, 0.1) is 4.90 Å². The number of nitrogen functional groups attached to an aromatic ring is 1. The Morgan fingerprint density at radius 1 is 1.04 bits per heavy atom. The molecule has 7 heteroatoms. The molecule has 0 saturated carbocycles. The molecule has 0 aliphatic heterocycles. The van der Waals surface area contributed by atoms with Gasteiger partial charge in [0.1, 0.15) is 0 Å². The molecule has 2 rings (SSSR count). The van der Waals surface area contributed by atoms with E-state index in [1.807, 2.05) is 18.2 Å². The number of carbonyl (C=O) groups excluding carboxylic acids is 1. The summed E-state index contributed by atoms with van der Waals surface area (Å²) in [6.45, 7) is 1.75. The Kier molecular flexibility index (Phi) is 5.36. The Bertz CT molecular complexity index is 786. The second-order valence-corrected chi connectivity index (χ2v) is 6.76. The Morgan fingerprint density at radius 3 is 2.30 bits per heavy atom. The first-order valence-electron chi connectivity index (χ1n) is 7.09. The van der Waals surface area contributed by atoms with Gasteiger partial charge in [-0.05, 0) is 23.8 Å². The number of nitrogens with two attached hydrogens (primary N) is 1. The van der Waals surface area contributed by atoms with Crippen LogP contribution >= 0.6 is 0 Å². The molecule has 0 heterocycles. The number of amides is 1. The molecule has 0 unspecified atom stereocenters. The lowest BCUT2D eigenvalue weighted by molar-refractivity contribution is -0.118. The molecule has 1 amide bonds. The van der Waals surface area contributed by atoms with E-state index in [0.29, 0.717) is 5.69 Å². The standard InChI is InChI=1S/C16H19N3O3S/c1-12(20)18-10-11-19-23(21,22)14-8-6-13(7-9-14)15-4-2-3-5-16(15)17/h2-9,19H,10-11,17H2,1H3,(H,18,20). The third kappa shape index (κ3) is 4.54. The van der Waals surface area contributed by atoms with Gasteiger partial charge in [-0.15, -0.1) is 0 Å². The molecule has 0 bridgehead atoms. The van der Waals surface area contributed by atoms with E-state index >= 15 is 0 Å². The third-order valence-corrected chi connectivity index (χ3v) is 4.70. The Hall–Kier alpha value is -2.38. The molecule has 0 radical (unpaired) electrons. The van der Waals surface area contributed by atoms with Crippen LogP contribution in [0.15, 0.2) is 53.4 Å². The molecule has 4 N–H and O–H groups in total. The van der Waals surface area contributed by atoms with Crippen molar-refractivity contribution in [3.05, 3.63) is 48.5 Å². The minimum absolute atomic E-state index is 0.134. The van der Waals surface area contributed by atoms with Crippen molar-refractivity contribution in [1.29, 1.82) is 0 Å². The summed E-state index contributed by atoms with van der Waals surface area (Å²) in [5.74, 6) is -0.200. The molecule has 2 aromatic carbocycles. The van der Waals surface area contributed by atoms with Crippen molar-refractivity contribution in [3.63, 3.8) is 0 Å². The summed E-state index contributed by atoms with van der Waals surface area (Å²) in [4.78, 5) is 10.9. The largest absolute Gasteiger partial charge is 0.398 e. The van der Waals surface area contributed by atoms with Crippen molar-refractivity contribution in [1.82, 2.24) is 10.0 Å². The summed E-state index contributed by atoms with van der Waals surface area (Å²) >= 11 is 0. The second-order valence-electron chi connectivity index (χ2n) is 4.99. The van der Waals surface area contributed by atoms with E-state index in [9.17, 15) is 13.2 Å². The first kappa shape index (κ1) is 17.0. The van der Waals surface area contributed by atoms with Gasteiger partial charge in [0.25, 0.3) is 0 Å². The number of nitrogens with one attached hydrogen (secondary N) is 2. The molecule has 0 atom stereocenters. The van der Waals surface area contributed by atoms with Gasteiger partial charge >= 0.3 is 0 Å². The zero-order chi connectivity index (χ0) is 16.9. The molecule has 2 aromatic rings. The summed E-state index contributed by atoms with van der Waals surface area (Å²) in [7, 11) is -3.60. The molecule has 0 aromatic heterocycles. The van der Waals surface area contributed by atoms with E-state index in [0.717, 1.165) is 11.1 Å². The van der Waals surface area contributed by atoms with Crippen LogP contribution in [-0.4, -0.2) is 27.4 Å². The van der Waals surface area contributed by atoms with Crippen LogP contribution in [0.4, 0.5) is 5.69 Å². The second kappa shape index (κ2) is 7.26. The number of hydrogen-bond acceptors (Lipinski definition) is 4. The van der Waals surface area contributed by atoms with Gasteiger partial charge in [-0.2, -0.15) is 0 Å². The van der Waals surface area contributed by atoms with Crippen molar-refractivity contribution in [2.24, 2.45) is 0 Å². The molecule has 23 heavy (non-hydrogen) atoms. The number of sulfonamides is 1. The van der Waals surface area contributed by atoms with E-state index in [-0.39, 0.29) is 23.9 Å². The van der Waals surface area contributed by atoms with Crippen LogP contribution in [0.2, 0.25) is 0 Å².